The number of nitrogens with zero attached hydrogens (tertiary/aromatic N) is 1. The van der Waals surface area contributed by atoms with Gasteiger partial charge < -0.3 is 10.0 Å². The van der Waals surface area contributed by atoms with Crippen LogP contribution in [-0.4, -0.2) is 24.2 Å². The van der Waals surface area contributed by atoms with E-state index in [-0.39, 0.29) is 0 Å². The highest BCUT2D eigenvalue weighted by molar-refractivity contribution is 5.85. The predicted octanol–water partition coefficient (Wildman–Crippen LogP) is 3.72. The SMILES string of the molecule is CCC1CCN(c2ccc(C=CC(=O)O)c(C)c2)CC1. The first-order chi connectivity index (χ1) is 9.60. The van der Waals surface area contributed by atoms with E-state index in [1.54, 1.807) is 6.08 Å². The van der Waals surface area contributed by atoms with Crippen molar-refractivity contribution < 1.29 is 9.90 Å². The summed E-state index contributed by atoms with van der Waals surface area (Å²) in [5, 5.41) is 8.68. The van der Waals surface area contributed by atoms with Gasteiger partial charge in [-0.2, -0.15) is 0 Å². The van der Waals surface area contributed by atoms with Gasteiger partial charge in [0.2, 0.25) is 0 Å². The number of hydrogen-bond acceptors (Lipinski definition) is 2. The molecule has 2 rings (SSSR count). The van der Waals surface area contributed by atoms with Crippen molar-refractivity contribution >= 4 is 17.7 Å². The number of hydrogen-bond donors (Lipinski definition) is 1. The van der Waals surface area contributed by atoms with Gasteiger partial charge >= 0.3 is 5.97 Å². The Labute approximate surface area is 120 Å². The molecule has 0 aliphatic carbocycles. The van der Waals surface area contributed by atoms with Crippen LogP contribution in [0.4, 0.5) is 5.69 Å². The lowest BCUT2D eigenvalue weighted by Crippen LogP contribution is -2.33. The quantitative estimate of drug-likeness (QED) is 0.850. The second-order valence-corrected chi connectivity index (χ2v) is 5.55. The highest BCUT2D eigenvalue weighted by Gasteiger charge is 2.18. The molecule has 3 nitrogen and oxygen atoms in total. The van der Waals surface area contributed by atoms with Crippen LogP contribution in [-0.2, 0) is 4.79 Å². The zero-order valence-corrected chi connectivity index (χ0v) is 12.3. The summed E-state index contributed by atoms with van der Waals surface area (Å²) in [4.78, 5) is 13.0. The topological polar surface area (TPSA) is 40.5 Å². The summed E-state index contributed by atoms with van der Waals surface area (Å²) in [6, 6.07) is 6.27. The molecule has 0 saturated carbocycles. The largest absolute Gasteiger partial charge is 0.478 e. The molecule has 1 saturated heterocycles. The molecule has 0 amide bonds. The van der Waals surface area contributed by atoms with E-state index in [9.17, 15) is 4.79 Å². The zero-order valence-electron chi connectivity index (χ0n) is 12.3. The molecule has 0 unspecified atom stereocenters. The minimum atomic E-state index is -0.907. The van der Waals surface area contributed by atoms with Crippen molar-refractivity contribution in [2.75, 3.05) is 18.0 Å². The first-order valence-electron chi connectivity index (χ1n) is 7.36. The molecule has 1 aliphatic heterocycles. The third-order valence-electron chi connectivity index (χ3n) is 4.22. The van der Waals surface area contributed by atoms with Gasteiger partial charge in [0.1, 0.15) is 0 Å². The van der Waals surface area contributed by atoms with Crippen molar-refractivity contribution in [3.05, 3.63) is 35.4 Å². The van der Waals surface area contributed by atoms with Crippen molar-refractivity contribution in [1.29, 1.82) is 0 Å². The molecule has 1 N–H and O–H groups in total. The Hall–Kier alpha value is -1.77. The van der Waals surface area contributed by atoms with Crippen molar-refractivity contribution in [2.45, 2.75) is 33.1 Å². The lowest BCUT2D eigenvalue weighted by atomic mass is 9.94. The van der Waals surface area contributed by atoms with Gasteiger partial charge in [0.15, 0.2) is 0 Å². The van der Waals surface area contributed by atoms with E-state index < -0.39 is 5.97 Å². The molecule has 20 heavy (non-hydrogen) atoms. The maximum Gasteiger partial charge on any atom is 0.328 e. The Balaban J connectivity index is 2.07. The van der Waals surface area contributed by atoms with Crippen LogP contribution in [0.15, 0.2) is 24.3 Å². The van der Waals surface area contributed by atoms with Gasteiger partial charge in [-0.25, -0.2) is 4.79 Å². The molecule has 1 heterocycles. The van der Waals surface area contributed by atoms with Crippen LogP contribution in [0.25, 0.3) is 6.08 Å². The average Bonchev–Trinajstić information content (AvgIpc) is 2.46. The Kier molecular flexibility index (Phi) is 4.83. The summed E-state index contributed by atoms with van der Waals surface area (Å²) >= 11 is 0. The molecule has 1 aromatic carbocycles. The molecular weight excluding hydrogens is 250 g/mol. The first kappa shape index (κ1) is 14.6. The monoisotopic (exact) mass is 273 g/mol. The molecule has 108 valence electrons. The second kappa shape index (κ2) is 6.60. The summed E-state index contributed by atoms with van der Waals surface area (Å²) in [5.74, 6) is -0.0276. The highest BCUT2D eigenvalue weighted by atomic mass is 16.4. The summed E-state index contributed by atoms with van der Waals surface area (Å²) < 4.78 is 0. The Morgan fingerprint density at radius 3 is 2.65 bits per heavy atom. The molecule has 3 heteroatoms. The molecule has 0 atom stereocenters. The lowest BCUT2D eigenvalue weighted by molar-refractivity contribution is -0.131. The number of aliphatic carboxylic acids is 1. The third kappa shape index (κ3) is 3.62. The Morgan fingerprint density at radius 1 is 1.40 bits per heavy atom. The van der Waals surface area contributed by atoms with Crippen LogP contribution in [0.5, 0.6) is 0 Å². The van der Waals surface area contributed by atoms with E-state index >= 15 is 0 Å². The van der Waals surface area contributed by atoms with Crippen LogP contribution >= 0.6 is 0 Å². The molecular formula is C17H23NO2. The fraction of sp³-hybridized carbons (Fsp3) is 0.471. The van der Waals surface area contributed by atoms with E-state index in [1.165, 1.54) is 31.0 Å². The van der Waals surface area contributed by atoms with Crippen LogP contribution < -0.4 is 4.90 Å². The first-order valence-corrected chi connectivity index (χ1v) is 7.36. The van der Waals surface area contributed by atoms with Crippen LogP contribution in [0.3, 0.4) is 0 Å². The van der Waals surface area contributed by atoms with Gasteiger partial charge in [0.05, 0.1) is 0 Å². The van der Waals surface area contributed by atoms with Gasteiger partial charge in [-0.1, -0.05) is 19.4 Å². The third-order valence-corrected chi connectivity index (χ3v) is 4.22. The summed E-state index contributed by atoms with van der Waals surface area (Å²) in [6.45, 7) is 6.56. The molecule has 0 radical (unpaired) electrons. The molecule has 0 spiro atoms. The van der Waals surface area contributed by atoms with Crippen molar-refractivity contribution in [1.82, 2.24) is 0 Å². The zero-order chi connectivity index (χ0) is 14.5. The Morgan fingerprint density at radius 2 is 2.10 bits per heavy atom. The van der Waals surface area contributed by atoms with Crippen molar-refractivity contribution in [2.24, 2.45) is 5.92 Å². The van der Waals surface area contributed by atoms with E-state index in [1.807, 2.05) is 13.0 Å². The van der Waals surface area contributed by atoms with Crippen LogP contribution in [0, 0.1) is 12.8 Å². The van der Waals surface area contributed by atoms with E-state index in [4.69, 9.17) is 5.11 Å². The normalized spacial score (nSPS) is 16.8. The van der Waals surface area contributed by atoms with E-state index in [0.29, 0.717) is 0 Å². The number of rotatable bonds is 4. The molecule has 1 aromatic rings. The molecule has 1 fully saturated rings. The second-order valence-electron chi connectivity index (χ2n) is 5.55. The van der Waals surface area contributed by atoms with Gasteiger partial charge in [0.25, 0.3) is 0 Å². The number of aryl methyl sites for hydroxylation is 1. The van der Waals surface area contributed by atoms with E-state index in [0.717, 1.165) is 30.1 Å². The molecule has 0 aromatic heterocycles. The number of piperidine rings is 1. The van der Waals surface area contributed by atoms with E-state index in [2.05, 4.69) is 24.0 Å². The number of carboxylic acid groups (broad SMARTS) is 1. The number of carbonyl (C=O) groups is 1. The summed E-state index contributed by atoms with van der Waals surface area (Å²) in [5.41, 5.74) is 3.35. The summed E-state index contributed by atoms with van der Waals surface area (Å²) in [7, 11) is 0. The van der Waals surface area contributed by atoms with Crippen LogP contribution in [0.2, 0.25) is 0 Å². The van der Waals surface area contributed by atoms with Crippen molar-refractivity contribution in [3.8, 4) is 0 Å². The summed E-state index contributed by atoms with van der Waals surface area (Å²) in [6.07, 6.45) is 6.68. The van der Waals surface area contributed by atoms with Crippen LogP contribution in [0.1, 0.15) is 37.3 Å². The van der Waals surface area contributed by atoms with Gasteiger partial charge in [-0.05, 0) is 55.0 Å². The fourth-order valence-corrected chi connectivity index (χ4v) is 2.80. The lowest BCUT2D eigenvalue weighted by Gasteiger charge is -2.33. The van der Waals surface area contributed by atoms with Gasteiger partial charge in [-0.15, -0.1) is 0 Å². The fourth-order valence-electron chi connectivity index (χ4n) is 2.80. The smallest absolute Gasteiger partial charge is 0.328 e. The number of benzene rings is 1. The number of anilines is 1. The van der Waals surface area contributed by atoms with Gasteiger partial charge in [-0.3, -0.25) is 0 Å². The minimum Gasteiger partial charge on any atom is -0.478 e. The highest BCUT2D eigenvalue weighted by Crippen LogP contribution is 2.26. The van der Waals surface area contributed by atoms with Gasteiger partial charge in [0, 0.05) is 24.9 Å². The predicted molar refractivity (Wildman–Crippen MR) is 83.1 cm³/mol. The maximum absolute atomic E-state index is 10.6. The average molecular weight is 273 g/mol. The molecule has 0 bridgehead atoms. The Bertz CT molecular complexity index is 500. The minimum absolute atomic E-state index is 0.880. The maximum atomic E-state index is 10.6. The number of carboxylic acids is 1. The standard InChI is InChI=1S/C17H23NO2/c1-3-14-8-10-18(11-9-14)16-6-4-15(13(2)12-16)5-7-17(19)20/h4-7,12,14H,3,8-11H2,1-2H3,(H,19,20). The van der Waals surface area contributed by atoms with Crippen molar-refractivity contribution in [3.63, 3.8) is 0 Å². The molecule has 1 aliphatic rings.